The summed E-state index contributed by atoms with van der Waals surface area (Å²) in [6, 6.07) is 10.3. The zero-order valence-corrected chi connectivity index (χ0v) is 14.0. The molecule has 0 radical (unpaired) electrons. The predicted molar refractivity (Wildman–Crippen MR) is 95.2 cm³/mol. The first-order valence-corrected chi connectivity index (χ1v) is 8.66. The van der Waals surface area contributed by atoms with Crippen molar-refractivity contribution in [3.63, 3.8) is 0 Å². The maximum absolute atomic E-state index is 9.29. The molecule has 0 bridgehead atoms. The molecule has 4 rings (SSSR count). The third-order valence-electron chi connectivity index (χ3n) is 4.64. The van der Waals surface area contributed by atoms with Crippen LogP contribution in [0.25, 0.3) is 16.9 Å². The van der Waals surface area contributed by atoms with E-state index in [0.29, 0.717) is 22.3 Å². The Balaban J connectivity index is 1.81. The molecule has 0 unspecified atom stereocenters. The summed E-state index contributed by atoms with van der Waals surface area (Å²) < 4.78 is 1.87. The van der Waals surface area contributed by atoms with Crippen LogP contribution in [0, 0.1) is 11.3 Å². The normalized spacial score (nSPS) is 15.5. The van der Waals surface area contributed by atoms with E-state index in [1.54, 1.807) is 6.20 Å². The summed E-state index contributed by atoms with van der Waals surface area (Å²) in [5.41, 5.74) is 3.03. The molecule has 0 aliphatic heterocycles. The first-order valence-electron chi connectivity index (χ1n) is 8.28. The second kappa shape index (κ2) is 6.21. The van der Waals surface area contributed by atoms with Gasteiger partial charge in [0.2, 0.25) is 0 Å². The fourth-order valence-electron chi connectivity index (χ4n) is 3.39. The highest BCUT2D eigenvalue weighted by Crippen LogP contribution is 2.32. The van der Waals surface area contributed by atoms with Crippen molar-refractivity contribution in [2.75, 3.05) is 5.32 Å². The van der Waals surface area contributed by atoms with Gasteiger partial charge in [0.25, 0.3) is 0 Å². The molecule has 2 heterocycles. The minimum atomic E-state index is 0.443. The molecule has 1 fully saturated rings. The number of rotatable bonds is 3. The van der Waals surface area contributed by atoms with Gasteiger partial charge in [0.1, 0.15) is 17.3 Å². The topological polar surface area (TPSA) is 68.9 Å². The maximum Gasteiger partial charge on any atom is 0.173 e. The number of hydrogen-bond donors (Lipinski definition) is 2. The highest BCUT2D eigenvalue weighted by Gasteiger charge is 2.21. The van der Waals surface area contributed by atoms with Gasteiger partial charge in [-0.25, -0.2) is 9.50 Å². The molecule has 1 aliphatic carbocycles. The summed E-state index contributed by atoms with van der Waals surface area (Å²) in [5, 5.41) is 16.8. The highest BCUT2D eigenvalue weighted by atomic mass is 35.5. The van der Waals surface area contributed by atoms with Crippen molar-refractivity contribution in [2.24, 2.45) is 0 Å². The molecule has 0 amide bonds. The number of aromatic nitrogens is 3. The standard InChI is InChI=1S/C18H18ClN5/c19-14-8-6-12(7-9-14)16-18(22-15-4-2-1-3-5-15)24-17(23-16)13(10-20)11-21-24/h6-9,11,15,21-22H,1-5H2. The predicted octanol–water partition coefficient (Wildman–Crippen LogP) is 4.60. The van der Waals surface area contributed by atoms with E-state index in [1.807, 2.05) is 28.8 Å². The summed E-state index contributed by atoms with van der Waals surface area (Å²) in [6.07, 6.45) is 7.84. The van der Waals surface area contributed by atoms with Gasteiger partial charge in [-0.05, 0) is 25.0 Å². The number of imidazole rings is 1. The number of anilines is 1. The number of aromatic amines is 1. The minimum absolute atomic E-state index is 0.443. The number of nitrogens with one attached hydrogen (secondary N) is 2. The van der Waals surface area contributed by atoms with Crippen LogP contribution in [0.1, 0.15) is 37.7 Å². The second-order valence-corrected chi connectivity index (χ2v) is 6.69. The molecule has 2 N–H and O–H groups in total. The monoisotopic (exact) mass is 339 g/mol. The van der Waals surface area contributed by atoms with Crippen molar-refractivity contribution in [3.8, 4) is 17.3 Å². The van der Waals surface area contributed by atoms with E-state index in [2.05, 4.69) is 16.5 Å². The van der Waals surface area contributed by atoms with Crippen LogP contribution in [0.2, 0.25) is 5.02 Å². The zero-order valence-electron chi connectivity index (χ0n) is 13.2. The Labute approximate surface area is 145 Å². The third kappa shape index (κ3) is 2.63. The van der Waals surface area contributed by atoms with Crippen LogP contribution < -0.4 is 5.32 Å². The van der Waals surface area contributed by atoms with E-state index in [9.17, 15) is 5.26 Å². The Morgan fingerprint density at radius 2 is 1.96 bits per heavy atom. The smallest absolute Gasteiger partial charge is 0.173 e. The molecule has 0 saturated heterocycles. The number of halogens is 1. The van der Waals surface area contributed by atoms with Gasteiger partial charge in [-0.2, -0.15) is 5.26 Å². The van der Waals surface area contributed by atoms with E-state index in [4.69, 9.17) is 16.6 Å². The molecule has 122 valence electrons. The molecule has 1 aromatic carbocycles. The summed E-state index contributed by atoms with van der Waals surface area (Å²) in [6.45, 7) is 0. The van der Waals surface area contributed by atoms with Crippen molar-refractivity contribution in [1.82, 2.24) is 14.6 Å². The minimum Gasteiger partial charge on any atom is -0.365 e. The Bertz CT molecular complexity index is 894. The number of benzene rings is 1. The second-order valence-electron chi connectivity index (χ2n) is 6.25. The van der Waals surface area contributed by atoms with Crippen LogP contribution in [0.5, 0.6) is 0 Å². The molecule has 24 heavy (non-hydrogen) atoms. The van der Waals surface area contributed by atoms with E-state index in [0.717, 1.165) is 17.1 Å². The Morgan fingerprint density at radius 3 is 2.67 bits per heavy atom. The van der Waals surface area contributed by atoms with Gasteiger partial charge < -0.3 is 5.32 Å². The number of H-pyrrole nitrogens is 1. The van der Waals surface area contributed by atoms with Crippen molar-refractivity contribution in [3.05, 3.63) is 41.0 Å². The molecule has 1 saturated carbocycles. The van der Waals surface area contributed by atoms with Crippen LogP contribution in [0.15, 0.2) is 30.5 Å². The van der Waals surface area contributed by atoms with Crippen LogP contribution in [-0.4, -0.2) is 20.6 Å². The highest BCUT2D eigenvalue weighted by molar-refractivity contribution is 6.30. The molecule has 1 aliphatic rings. The van der Waals surface area contributed by atoms with Crippen molar-refractivity contribution in [1.29, 1.82) is 5.26 Å². The third-order valence-corrected chi connectivity index (χ3v) is 4.89. The lowest BCUT2D eigenvalue weighted by atomic mass is 9.95. The van der Waals surface area contributed by atoms with Crippen LogP contribution >= 0.6 is 11.6 Å². The van der Waals surface area contributed by atoms with Gasteiger partial charge in [-0.3, -0.25) is 5.10 Å². The average Bonchev–Trinajstić information content (AvgIpc) is 3.17. The number of nitrogens with zero attached hydrogens (tertiary/aromatic N) is 3. The molecule has 0 spiro atoms. The van der Waals surface area contributed by atoms with Crippen molar-refractivity contribution in [2.45, 2.75) is 38.1 Å². The SMILES string of the molecule is N#Cc1c[nH]n2c(NC3CCCCC3)c(-c3ccc(Cl)cc3)nc12. The summed E-state index contributed by atoms with van der Waals surface area (Å²) in [4.78, 5) is 4.71. The summed E-state index contributed by atoms with van der Waals surface area (Å²) in [5.74, 6) is 0.917. The average molecular weight is 340 g/mol. The fraction of sp³-hybridized carbons (Fsp3) is 0.333. The number of fused-ring (bicyclic) bond motifs is 1. The molecular formula is C18H18ClN5. The lowest BCUT2D eigenvalue weighted by Gasteiger charge is -2.23. The molecular weight excluding hydrogens is 322 g/mol. The lowest BCUT2D eigenvalue weighted by Crippen LogP contribution is -2.23. The molecule has 6 heteroatoms. The van der Waals surface area contributed by atoms with Crippen LogP contribution in [-0.2, 0) is 0 Å². The van der Waals surface area contributed by atoms with Gasteiger partial charge >= 0.3 is 0 Å². The van der Waals surface area contributed by atoms with Crippen molar-refractivity contribution < 1.29 is 0 Å². The van der Waals surface area contributed by atoms with Gasteiger partial charge in [0.05, 0.1) is 0 Å². The van der Waals surface area contributed by atoms with E-state index in [-0.39, 0.29) is 0 Å². The van der Waals surface area contributed by atoms with Gasteiger partial charge in [-0.15, -0.1) is 0 Å². The molecule has 5 nitrogen and oxygen atoms in total. The van der Waals surface area contributed by atoms with E-state index >= 15 is 0 Å². The van der Waals surface area contributed by atoms with E-state index < -0.39 is 0 Å². The van der Waals surface area contributed by atoms with Crippen LogP contribution in [0.4, 0.5) is 5.82 Å². The fourth-order valence-corrected chi connectivity index (χ4v) is 3.51. The number of hydrogen-bond acceptors (Lipinski definition) is 3. The Kier molecular flexibility index (Phi) is 3.91. The molecule has 2 aromatic heterocycles. The first kappa shape index (κ1) is 15.1. The maximum atomic E-state index is 9.29. The summed E-state index contributed by atoms with van der Waals surface area (Å²) in [7, 11) is 0. The quantitative estimate of drug-likeness (QED) is 0.732. The molecule has 3 aromatic rings. The summed E-state index contributed by atoms with van der Waals surface area (Å²) >= 11 is 6.01. The van der Waals surface area contributed by atoms with Crippen LogP contribution in [0.3, 0.4) is 0 Å². The first-order chi connectivity index (χ1) is 11.8. The lowest BCUT2D eigenvalue weighted by molar-refractivity contribution is 0.461. The molecule has 0 atom stereocenters. The number of nitriles is 1. The largest absolute Gasteiger partial charge is 0.365 e. The zero-order chi connectivity index (χ0) is 16.5. The van der Waals surface area contributed by atoms with Gasteiger partial charge in [-0.1, -0.05) is 43.0 Å². The van der Waals surface area contributed by atoms with Gasteiger partial charge in [0, 0.05) is 22.8 Å². The Morgan fingerprint density at radius 1 is 1.21 bits per heavy atom. The van der Waals surface area contributed by atoms with Crippen molar-refractivity contribution >= 4 is 23.1 Å². The van der Waals surface area contributed by atoms with Gasteiger partial charge in [0.15, 0.2) is 11.5 Å². The Hall–Kier alpha value is -2.45. The van der Waals surface area contributed by atoms with E-state index in [1.165, 1.54) is 32.1 Å².